The van der Waals surface area contributed by atoms with Crippen molar-refractivity contribution in [1.29, 1.82) is 0 Å². The van der Waals surface area contributed by atoms with Crippen LogP contribution in [0, 0.1) is 0 Å². The Balaban J connectivity index is 1.54. The molecule has 0 spiro atoms. The molecule has 25 heavy (non-hydrogen) atoms. The first-order valence-electron chi connectivity index (χ1n) is 6.98. The molecule has 0 saturated heterocycles. The molecule has 2 nitrogen and oxygen atoms in total. The summed E-state index contributed by atoms with van der Waals surface area (Å²) in [6, 6.07) is 11.3. The highest BCUT2D eigenvalue weighted by Gasteiger charge is 2.08. The van der Waals surface area contributed by atoms with E-state index < -0.39 is 0 Å². The molecule has 0 aliphatic rings. The van der Waals surface area contributed by atoms with Crippen LogP contribution in [0.2, 0.25) is 20.1 Å². The minimum atomic E-state index is 0.562. The number of benzene rings is 2. The lowest BCUT2D eigenvalue weighted by Crippen LogP contribution is -1.81. The fraction of sp³-hybridized carbons (Fsp3) is 0.125. The fourth-order valence-corrected chi connectivity index (χ4v) is 5.41. The normalized spacial score (nSPS) is 11.0. The summed E-state index contributed by atoms with van der Waals surface area (Å²) < 4.78 is 1.84. The van der Waals surface area contributed by atoms with Crippen molar-refractivity contribution in [2.24, 2.45) is 0 Å². The van der Waals surface area contributed by atoms with Crippen LogP contribution in [0.5, 0.6) is 0 Å². The van der Waals surface area contributed by atoms with Gasteiger partial charge in [-0.25, -0.2) is 0 Å². The van der Waals surface area contributed by atoms with Gasteiger partial charge in [0, 0.05) is 11.5 Å². The number of hydrogen-bond donors (Lipinski definition) is 0. The van der Waals surface area contributed by atoms with Crippen LogP contribution < -0.4 is 0 Å². The molecule has 0 bridgehead atoms. The van der Waals surface area contributed by atoms with Crippen LogP contribution in [0.4, 0.5) is 0 Å². The van der Waals surface area contributed by atoms with E-state index in [0.29, 0.717) is 20.1 Å². The van der Waals surface area contributed by atoms with Gasteiger partial charge in [-0.1, -0.05) is 93.4 Å². The van der Waals surface area contributed by atoms with Gasteiger partial charge in [0.25, 0.3) is 0 Å². The summed E-state index contributed by atoms with van der Waals surface area (Å²) in [7, 11) is 0. The summed E-state index contributed by atoms with van der Waals surface area (Å²) in [5, 5.41) is 10.7. The highest BCUT2D eigenvalue weighted by molar-refractivity contribution is 8.02. The summed E-state index contributed by atoms with van der Waals surface area (Å²) in [5.74, 6) is 1.53. The van der Waals surface area contributed by atoms with Gasteiger partial charge in [-0.2, -0.15) is 0 Å². The number of rotatable bonds is 6. The maximum Gasteiger partial charge on any atom is 0.175 e. The Bertz CT molecular complexity index is 816. The molecule has 3 rings (SSSR count). The third kappa shape index (κ3) is 5.67. The molecule has 3 aromatic rings. The molecule has 0 aliphatic carbocycles. The zero-order chi connectivity index (χ0) is 17.8. The minimum Gasteiger partial charge on any atom is -0.131 e. The monoisotopic (exact) mass is 466 g/mol. The second-order valence-electron chi connectivity index (χ2n) is 4.91. The lowest BCUT2D eigenvalue weighted by molar-refractivity contribution is 0.954. The second-order valence-corrected chi connectivity index (χ2v) is 9.96. The first kappa shape index (κ1) is 19.6. The molecule has 0 radical (unpaired) electrons. The highest BCUT2D eigenvalue weighted by Crippen LogP contribution is 2.34. The van der Waals surface area contributed by atoms with E-state index in [0.717, 1.165) is 31.3 Å². The van der Waals surface area contributed by atoms with Crippen molar-refractivity contribution in [2.45, 2.75) is 20.2 Å². The van der Waals surface area contributed by atoms with E-state index in [9.17, 15) is 0 Å². The number of halogens is 4. The third-order valence-corrected chi connectivity index (χ3v) is 7.89. The zero-order valence-corrected chi connectivity index (χ0v) is 18.0. The highest BCUT2D eigenvalue weighted by atomic mass is 35.5. The smallest absolute Gasteiger partial charge is 0.131 e. The standard InChI is InChI=1S/C16H10Cl4N2S3/c17-11-3-1-9(5-13(11)19)7-23-15-21-22-16(25-15)24-8-10-2-4-12(18)14(20)6-10/h1-6H,7-8H2. The van der Waals surface area contributed by atoms with Crippen LogP contribution in [0.1, 0.15) is 11.1 Å². The molecule has 0 fully saturated rings. The van der Waals surface area contributed by atoms with Crippen molar-refractivity contribution in [1.82, 2.24) is 10.2 Å². The van der Waals surface area contributed by atoms with Gasteiger partial charge in [-0.3, -0.25) is 0 Å². The van der Waals surface area contributed by atoms with Crippen LogP contribution in [-0.2, 0) is 11.5 Å². The third-order valence-electron chi connectivity index (χ3n) is 3.08. The van der Waals surface area contributed by atoms with Gasteiger partial charge in [0.15, 0.2) is 8.68 Å². The first-order chi connectivity index (χ1) is 12.0. The van der Waals surface area contributed by atoms with Crippen molar-refractivity contribution >= 4 is 81.3 Å². The van der Waals surface area contributed by atoms with Gasteiger partial charge in [-0.15, -0.1) is 10.2 Å². The molecule has 0 unspecified atom stereocenters. The molecule has 0 atom stereocenters. The van der Waals surface area contributed by atoms with Crippen molar-refractivity contribution < 1.29 is 0 Å². The summed E-state index contributed by atoms with van der Waals surface area (Å²) in [5.41, 5.74) is 2.19. The molecule has 0 N–H and O–H groups in total. The Kier molecular flexibility index (Phi) is 7.20. The first-order valence-corrected chi connectivity index (χ1v) is 11.3. The molecular formula is C16H10Cl4N2S3. The number of hydrogen-bond acceptors (Lipinski definition) is 5. The lowest BCUT2D eigenvalue weighted by Gasteiger charge is -2.01. The predicted octanol–water partition coefficient (Wildman–Crippen LogP) is 7.74. The molecule has 1 aromatic heterocycles. The van der Waals surface area contributed by atoms with E-state index in [-0.39, 0.29) is 0 Å². The van der Waals surface area contributed by atoms with Crippen molar-refractivity contribution in [2.75, 3.05) is 0 Å². The molecule has 9 heteroatoms. The molecular weight excluding hydrogens is 458 g/mol. The molecule has 2 aromatic carbocycles. The van der Waals surface area contributed by atoms with Crippen molar-refractivity contribution in [3.63, 3.8) is 0 Å². The van der Waals surface area contributed by atoms with Gasteiger partial charge in [0.2, 0.25) is 0 Å². The van der Waals surface area contributed by atoms with Crippen LogP contribution in [0.15, 0.2) is 45.1 Å². The summed E-state index contributed by atoms with van der Waals surface area (Å²) in [6.07, 6.45) is 0. The van der Waals surface area contributed by atoms with Gasteiger partial charge >= 0.3 is 0 Å². The van der Waals surface area contributed by atoms with E-state index in [4.69, 9.17) is 46.4 Å². The van der Waals surface area contributed by atoms with E-state index in [1.54, 1.807) is 47.0 Å². The zero-order valence-electron chi connectivity index (χ0n) is 12.5. The second kappa shape index (κ2) is 9.18. The van der Waals surface area contributed by atoms with Gasteiger partial charge in [0.1, 0.15) is 0 Å². The summed E-state index contributed by atoms with van der Waals surface area (Å²) in [6.45, 7) is 0. The predicted molar refractivity (Wildman–Crippen MR) is 112 cm³/mol. The molecule has 130 valence electrons. The van der Waals surface area contributed by atoms with Gasteiger partial charge < -0.3 is 0 Å². The largest absolute Gasteiger partial charge is 0.175 e. The van der Waals surface area contributed by atoms with E-state index in [1.807, 2.05) is 24.3 Å². The summed E-state index contributed by atoms with van der Waals surface area (Å²) in [4.78, 5) is 0. The maximum absolute atomic E-state index is 6.03. The Morgan fingerprint density at radius 2 is 1.12 bits per heavy atom. The van der Waals surface area contributed by atoms with Crippen LogP contribution in [0.3, 0.4) is 0 Å². The Hall–Kier alpha value is -0.140. The Labute approximate surface area is 178 Å². The van der Waals surface area contributed by atoms with Crippen LogP contribution >= 0.6 is 81.3 Å². The quantitative estimate of drug-likeness (QED) is 0.346. The molecule has 1 heterocycles. The van der Waals surface area contributed by atoms with E-state index >= 15 is 0 Å². The fourth-order valence-electron chi connectivity index (χ4n) is 1.86. The van der Waals surface area contributed by atoms with E-state index in [1.165, 1.54) is 0 Å². The Morgan fingerprint density at radius 1 is 0.680 bits per heavy atom. The van der Waals surface area contributed by atoms with Crippen molar-refractivity contribution in [3.8, 4) is 0 Å². The van der Waals surface area contributed by atoms with E-state index in [2.05, 4.69) is 10.2 Å². The lowest BCUT2D eigenvalue weighted by atomic mass is 10.2. The molecule has 0 saturated carbocycles. The molecule has 0 amide bonds. The molecule has 0 aliphatic heterocycles. The van der Waals surface area contributed by atoms with Crippen LogP contribution in [0.25, 0.3) is 0 Å². The van der Waals surface area contributed by atoms with Gasteiger partial charge in [-0.05, 0) is 35.4 Å². The number of aromatic nitrogens is 2. The summed E-state index contributed by atoms with van der Waals surface area (Å²) >= 11 is 28.7. The topological polar surface area (TPSA) is 25.8 Å². The average molecular weight is 468 g/mol. The van der Waals surface area contributed by atoms with Gasteiger partial charge in [0.05, 0.1) is 20.1 Å². The SMILES string of the molecule is Clc1ccc(CSc2nnc(SCc3ccc(Cl)c(Cl)c3)s2)cc1Cl. The minimum absolute atomic E-state index is 0.562. The average Bonchev–Trinajstić information content (AvgIpc) is 3.05. The number of nitrogens with zero attached hydrogens (tertiary/aromatic N) is 2. The Morgan fingerprint density at radius 3 is 1.52 bits per heavy atom. The van der Waals surface area contributed by atoms with Crippen LogP contribution in [-0.4, -0.2) is 10.2 Å². The van der Waals surface area contributed by atoms with Crippen molar-refractivity contribution in [3.05, 3.63) is 67.6 Å². The maximum atomic E-state index is 6.03. The number of thioether (sulfide) groups is 2.